The number of fused-ring (bicyclic) bond motifs is 1. The minimum absolute atomic E-state index is 0.0684. The molecule has 0 fully saturated rings. The van der Waals surface area contributed by atoms with Crippen molar-refractivity contribution in [2.24, 2.45) is 5.92 Å². The lowest BCUT2D eigenvalue weighted by atomic mass is 10.1. The van der Waals surface area contributed by atoms with Crippen molar-refractivity contribution in [3.63, 3.8) is 0 Å². The minimum atomic E-state index is -3.90. The molecule has 0 unspecified atom stereocenters. The van der Waals surface area contributed by atoms with Gasteiger partial charge in [0, 0.05) is 11.2 Å². The van der Waals surface area contributed by atoms with Crippen LogP contribution in [0.25, 0.3) is 5.65 Å². The smallest absolute Gasteiger partial charge is 0.242 e. The van der Waals surface area contributed by atoms with Crippen LogP contribution < -0.4 is 4.72 Å². The highest BCUT2D eigenvalue weighted by Crippen LogP contribution is 2.28. The van der Waals surface area contributed by atoms with Gasteiger partial charge in [-0.1, -0.05) is 43.1 Å². The summed E-state index contributed by atoms with van der Waals surface area (Å²) in [7, 11) is -3.90. The Kier molecular flexibility index (Phi) is 5.02. The summed E-state index contributed by atoms with van der Waals surface area (Å²) in [5.41, 5.74) is 0.642. The monoisotopic (exact) mass is 398 g/mol. The topological polar surface area (TPSA) is 76.4 Å². The Hall–Kier alpha value is -1.67. The lowest BCUT2D eigenvalue weighted by molar-refractivity contribution is 0.441. The Balaban J connectivity index is 2.04. The summed E-state index contributed by atoms with van der Waals surface area (Å²) in [6.45, 7) is 3.80. The molecule has 9 heteroatoms. The van der Waals surface area contributed by atoms with Gasteiger partial charge in [-0.15, -0.1) is 10.2 Å². The second kappa shape index (κ2) is 6.92. The van der Waals surface area contributed by atoms with Crippen LogP contribution in [-0.4, -0.2) is 23.0 Å². The van der Waals surface area contributed by atoms with Crippen molar-refractivity contribution in [3.8, 4) is 0 Å². The maximum atomic E-state index is 12.8. The molecule has 3 aromatic rings. The number of sulfonamides is 1. The number of halogens is 2. The Morgan fingerprint density at radius 3 is 2.60 bits per heavy atom. The third-order valence-corrected chi connectivity index (χ3v) is 5.91. The van der Waals surface area contributed by atoms with Crippen LogP contribution in [0.4, 0.5) is 0 Å². The molecule has 1 atom stereocenters. The summed E-state index contributed by atoms with van der Waals surface area (Å²) in [5, 5.41) is 8.64. The van der Waals surface area contributed by atoms with E-state index in [1.165, 1.54) is 18.2 Å². The molecule has 0 amide bonds. The van der Waals surface area contributed by atoms with Crippen LogP contribution in [0.15, 0.2) is 47.5 Å². The summed E-state index contributed by atoms with van der Waals surface area (Å²) in [6, 6.07) is 9.21. The average Bonchev–Trinajstić information content (AvgIpc) is 2.98. The first-order chi connectivity index (χ1) is 11.8. The predicted molar refractivity (Wildman–Crippen MR) is 97.3 cm³/mol. The standard InChI is InChI=1S/C16H16Cl2N4O2S/c1-10(2)15(16-20-19-14-5-3-4-8-22(14)16)21-25(23,24)13-9-11(17)6-7-12(13)18/h3-10,15,21H,1-2H3/t15-/m1/s1. The van der Waals surface area contributed by atoms with E-state index in [0.717, 1.165) is 0 Å². The maximum Gasteiger partial charge on any atom is 0.242 e. The zero-order valence-corrected chi connectivity index (χ0v) is 15.8. The van der Waals surface area contributed by atoms with Crippen molar-refractivity contribution in [2.75, 3.05) is 0 Å². The van der Waals surface area contributed by atoms with E-state index in [2.05, 4.69) is 14.9 Å². The van der Waals surface area contributed by atoms with E-state index in [1.54, 1.807) is 16.7 Å². The van der Waals surface area contributed by atoms with Gasteiger partial charge < -0.3 is 0 Å². The molecule has 6 nitrogen and oxygen atoms in total. The van der Waals surface area contributed by atoms with Gasteiger partial charge in [0.1, 0.15) is 4.90 Å². The predicted octanol–water partition coefficient (Wildman–Crippen LogP) is 3.71. The lowest BCUT2D eigenvalue weighted by Gasteiger charge is -2.21. The fourth-order valence-corrected chi connectivity index (χ4v) is 4.58. The van der Waals surface area contributed by atoms with Gasteiger partial charge in [0.2, 0.25) is 10.0 Å². The summed E-state index contributed by atoms with van der Waals surface area (Å²) >= 11 is 12.0. The molecule has 2 heterocycles. The molecule has 0 aliphatic rings. The number of hydrogen-bond donors (Lipinski definition) is 1. The zero-order chi connectivity index (χ0) is 18.2. The van der Waals surface area contributed by atoms with Crippen LogP contribution in [0.5, 0.6) is 0 Å². The van der Waals surface area contributed by atoms with E-state index in [9.17, 15) is 8.42 Å². The van der Waals surface area contributed by atoms with Crippen molar-refractivity contribution >= 4 is 38.9 Å². The molecule has 132 valence electrons. The SMILES string of the molecule is CC(C)[C@@H](NS(=O)(=O)c1cc(Cl)ccc1Cl)c1nnc2ccccn12. The molecule has 25 heavy (non-hydrogen) atoms. The Bertz CT molecular complexity index is 1020. The third kappa shape index (κ3) is 3.64. The largest absolute Gasteiger partial charge is 0.285 e. The first-order valence-electron chi connectivity index (χ1n) is 7.56. The molecule has 0 bridgehead atoms. The first kappa shape index (κ1) is 18.1. The van der Waals surface area contributed by atoms with Crippen LogP contribution in [0.3, 0.4) is 0 Å². The van der Waals surface area contributed by atoms with Gasteiger partial charge in [-0.05, 0) is 36.2 Å². The maximum absolute atomic E-state index is 12.8. The van der Waals surface area contributed by atoms with E-state index in [1.807, 2.05) is 26.0 Å². The normalized spacial score (nSPS) is 13.5. The molecule has 0 aliphatic carbocycles. The molecule has 2 aromatic heterocycles. The molecule has 3 rings (SSSR count). The van der Waals surface area contributed by atoms with Crippen LogP contribution >= 0.6 is 23.2 Å². The minimum Gasteiger partial charge on any atom is -0.285 e. The zero-order valence-electron chi connectivity index (χ0n) is 13.5. The van der Waals surface area contributed by atoms with Crippen LogP contribution in [0.2, 0.25) is 10.0 Å². The summed E-state index contributed by atoms with van der Waals surface area (Å²) in [6.07, 6.45) is 1.79. The van der Waals surface area contributed by atoms with Crippen molar-refractivity contribution in [2.45, 2.75) is 24.8 Å². The van der Waals surface area contributed by atoms with Crippen molar-refractivity contribution in [3.05, 3.63) is 58.5 Å². The highest BCUT2D eigenvalue weighted by molar-refractivity contribution is 7.89. The lowest BCUT2D eigenvalue weighted by Crippen LogP contribution is -2.33. The fourth-order valence-electron chi connectivity index (χ4n) is 2.47. The van der Waals surface area contributed by atoms with Gasteiger partial charge in [-0.25, -0.2) is 13.1 Å². The van der Waals surface area contributed by atoms with E-state index >= 15 is 0 Å². The van der Waals surface area contributed by atoms with E-state index in [-0.39, 0.29) is 15.8 Å². The summed E-state index contributed by atoms with van der Waals surface area (Å²) < 4.78 is 30.1. The summed E-state index contributed by atoms with van der Waals surface area (Å²) in [5.74, 6) is 0.438. The van der Waals surface area contributed by atoms with Crippen LogP contribution in [-0.2, 0) is 10.0 Å². The number of benzene rings is 1. The second-order valence-corrected chi connectivity index (χ2v) is 8.43. The molecule has 0 aliphatic heterocycles. The van der Waals surface area contributed by atoms with Crippen molar-refractivity contribution < 1.29 is 8.42 Å². The number of hydrogen-bond acceptors (Lipinski definition) is 4. The highest BCUT2D eigenvalue weighted by Gasteiger charge is 2.29. The number of nitrogens with zero attached hydrogens (tertiary/aromatic N) is 3. The number of aromatic nitrogens is 3. The Morgan fingerprint density at radius 1 is 1.12 bits per heavy atom. The van der Waals surface area contributed by atoms with Gasteiger partial charge in [0.05, 0.1) is 11.1 Å². The van der Waals surface area contributed by atoms with Gasteiger partial charge in [0.25, 0.3) is 0 Å². The average molecular weight is 399 g/mol. The summed E-state index contributed by atoms with van der Waals surface area (Å²) in [4.78, 5) is -0.0684. The molecule has 1 aromatic carbocycles. The molecule has 0 radical (unpaired) electrons. The second-order valence-electron chi connectivity index (χ2n) is 5.90. The van der Waals surface area contributed by atoms with E-state index in [0.29, 0.717) is 16.5 Å². The number of rotatable bonds is 5. The van der Waals surface area contributed by atoms with Gasteiger partial charge in [-0.3, -0.25) is 4.40 Å². The molecule has 0 spiro atoms. The molecular weight excluding hydrogens is 383 g/mol. The van der Waals surface area contributed by atoms with Crippen molar-refractivity contribution in [1.29, 1.82) is 0 Å². The van der Waals surface area contributed by atoms with Gasteiger partial charge >= 0.3 is 0 Å². The molecule has 0 saturated carbocycles. The van der Waals surface area contributed by atoms with Gasteiger partial charge in [0.15, 0.2) is 11.5 Å². The fraction of sp³-hybridized carbons (Fsp3) is 0.250. The quantitative estimate of drug-likeness (QED) is 0.710. The van der Waals surface area contributed by atoms with Crippen LogP contribution in [0.1, 0.15) is 25.7 Å². The molecular formula is C16H16Cl2N4O2S. The molecule has 0 saturated heterocycles. The first-order valence-corrected chi connectivity index (χ1v) is 9.80. The van der Waals surface area contributed by atoms with E-state index in [4.69, 9.17) is 23.2 Å². The number of nitrogens with one attached hydrogen (secondary N) is 1. The Labute approximate surface area is 155 Å². The highest BCUT2D eigenvalue weighted by atomic mass is 35.5. The molecule has 1 N–H and O–H groups in total. The number of pyridine rings is 1. The van der Waals surface area contributed by atoms with Crippen molar-refractivity contribution in [1.82, 2.24) is 19.3 Å². The Morgan fingerprint density at radius 2 is 1.88 bits per heavy atom. The van der Waals surface area contributed by atoms with E-state index < -0.39 is 16.1 Å². The van der Waals surface area contributed by atoms with Crippen LogP contribution in [0, 0.1) is 5.92 Å². The third-order valence-electron chi connectivity index (χ3n) is 3.75. The van der Waals surface area contributed by atoms with Gasteiger partial charge in [-0.2, -0.15) is 0 Å².